The molecule has 6 nitrogen and oxygen atoms in total. The summed E-state index contributed by atoms with van der Waals surface area (Å²) in [5.74, 6) is -1.42. The van der Waals surface area contributed by atoms with Crippen LogP contribution in [-0.2, 0) is 19.2 Å². The van der Waals surface area contributed by atoms with Crippen LogP contribution in [0.3, 0.4) is 0 Å². The predicted octanol–water partition coefficient (Wildman–Crippen LogP) is 2.11. The van der Waals surface area contributed by atoms with Crippen molar-refractivity contribution in [2.24, 2.45) is 0 Å². The van der Waals surface area contributed by atoms with Crippen molar-refractivity contribution in [1.29, 1.82) is 0 Å². The van der Waals surface area contributed by atoms with Crippen molar-refractivity contribution in [3.05, 3.63) is 46.6 Å². The standard InChI is InChI=1S/C18H16N2O4/c1-9-10(2)16(22)19(15(9)21)13-5-7-14(8-6-13)20-17(23)11(3)12(4)18(20)24/h5-8H,1-4H3. The maximum absolute atomic E-state index is 12.2. The first kappa shape index (κ1) is 15.9. The fourth-order valence-corrected chi connectivity index (χ4v) is 2.72. The second-order valence-corrected chi connectivity index (χ2v) is 5.91. The van der Waals surface area contributed by atoms with Gasteiger partial charge in [-0.2, -0.15) is 0 Å². The summed E-state index contributed by atoms with van der Waals surface area (Å²) in [6.07, 6.45) is 0. The second kappa shape index (κ2) is 5.26. The topological polar surface area (TPSA) is 74.8 Å². The Morgan fingerprint density at radius 2 is 0.708 bits per heavy atom. The first-order valence-corrected chi connectivity index (χ1v) is 7.48. The molecule has 0 bridgehead atoms. The maximum atomic E-state index is 12.2. The summed E-state index contributed by atoms with van der Waals surface area (Å²) in [6, 6.07) is 6.22. The van der Waals surface area contributed by atoms with Gasteiger partial charge in [0.15, 0.2) is 0 Å². The summed E-state index contributed by atoms with van der Waals surface area (Å²) < 4.78 is 0. The Balaban J connectivity index is 1.91. The van der Waals surface area contributed by atoms with E-state index in [1.807, 2.05) is 0 Å². The van der Waals surface area contributed by atoms with Crippen molar-refractivity contribution < 1.29 is 19.2 Å². The number of amides is 4. The van der Waals surface area contributed by atoms with Crippen molar-refractivity contribution >= 4 is 35.0 Å². The highest BCUT2D eigenvalue weighted by molar-refractivity contribution is 6.33. The summed E-state index contributed by atoms with van der Waals surface area (Å²) in [4.78, 5) is 50.9. The molecule has 6 heteroatoms. The lowest BCUT2D eigenvalue weighted by atomic mass is 10.2. The van der Waals surface area contributed by atoms with Gasteiger partial charge in [-0.15, -0.1) is 0 Å². The molecule has 2 aliphatic rings. The fraction of sp³-hybridized carbons (Fsp3) is 0.222. The normalized spacial score (nSPS) is 18.7. The first-order valence-electron chi connectivity index (χ1n) is 7.48. The zero-order valence-corrected chi connectivity index (χ0v) is 13.8. The summed E-state index contributed by atoms with van der Waals surface area (Å²) in [7, 11) is 0. The van der Waals surface area contributed by atoms with Gasteiger partial charge in [0, 0.05) is 22.3 Å². The zero-order valence-electron chi connectivity index (χ0n) is 13.8. The number of imide groups is 2. The number of benzene rings is 1. The molecular formula is C18H16N2O4. The summed E-state index contributed by atoms with van der Waals surface area (Å²) in [6.45, 7) is 6.46. The Kier molecular flexibility index (Phi) is 3.48. The SMILES string of the molecule is CC1=C(C)C(=O)N(c2ccc(N3C(=O)C(C)=C(C)C3=O)cc2)C1=O. The molecule has 0 atom stereocenters. The van der Waals surface area contributed by atoms with Gasteiger partial charge in [0.05, 0.1) is 11.4 Å². The Hall–Kier alpha value is -3.02. The summed E-state index contributed by atoms with van der Waals surface area (Å²) in [5, 5.41) is 0. The highest BCUT2D eigenvalue weighted by Crippen LogP contribution is 2.31. The number of rotatable bonds is 2. The van der Waals surface area contributed by atoms with Crippen LogP contribution in [0.5, 0.6) is 0 Å². The van der Waals surface area contributed by atoms with Crippen LogP contribution >= 0.6 is 0 Å². The largest absolute Gasteiger partial charge is 0.269 e. The molecule has 2 heterocycles. The number of hydrogen-bond acceptors (Lipinski definition) is 4. The minimum Gasteiger partial charge on any atom is -0.269 e. The van der Waals surface area contributed by atoms with E-state index in [0.29, 0.717) is 33.7 Å². The average molecular weight is 324 g/mol. The van der Waals surface area contributed by atoms with Crippen molar-refractivity contribution in [1.82, 2.24) is 0 Å². The third-order valence-electron chi connectivity index (χ3n) is 4.59. The molecule has 1 aromatic rings. The quantitative estimate of drug-likeness (QED) is 0.781. The molecule has 0 fully saturated rings. The van der Waals surface area contributed by atoms with Crippen LogP contribution in [0.1, 0.15) is 27.7 Å². The summed E-state index contributed by atoms with van der Waals surface area (Å²) in [5.41, 5.74) is 2.50. The molecule has 0 saturated carbocycles. The smallest absolute Gasteiger partial charge is 0.261 e. The van der Waals surface area contributed by atoms with Gasteiger partial charge < -0.3 is 0 Å². The minimum atomic E-state index is -0.355. The van der Waals surface area contributed by atoms with Crippen LogP contribution in [0.15, 0.2) is 46.6 Å². The lowest BCUT2D eigenvalue weighted by Crippen LogP contribution is -2.32. The molecule has 24 heavy (non-hydrogen) atoms. The third kappa shape index (κ3) is 2.03. The number of carbonyl (C=O) groups is 4. The highest BCUT2D eigenvalue weighted by atomic mass is 16.2. The molecule has 0 aromatic heterocycles. The monoisotopic (exact) mass is 324 g/mol. The van der Waals surface area contributed by atoms with Gasteiger partial charge in [-0.05, 0) is 52.0 Å². The van der Waals surface area contributed by atoms with E-state index in [1.165, 1.54) is 0 Å². The first-order chi connectivity index (χ1) is 11.3. The van der Waals surface area contributed by atoms with E-state index in [4.69, 9.17) is 0 Å². The van der Waals surface area contributed by atoms with Crippen LogP contribution in [-0.4, -0.2) is 23.6 Å². The second-order valence-electron chi connectivity index (χ2n) is 5.91. The van der Waals surface area contributed by atoms with Crippen molar-refractivity contribution in [2.45, 2.75) is 27.7 Å². The molecule has 4 amide bonds. The van der Waals surface area contributed by atoms with Crippen LogP contribution in [0, 0.1) is 0 Å². The van der Waals surface area contributed by atoms with Gasteiger partial charge >= 0.3 is 0 Å². The molecule has 0 unspecified atom stereocenters. The fourth-order valence-electron chi connectivity index (χ4n) is 2.72. The van der Waals surface area contributed by atoms with Gasteiger partial charge in [0.1, 0.15) is 0 Å². The molecule has 2 aliphatic heterocycles. The Bertz CT molecular complexity index is 754. The number of carbonyl (C=O) groups excluding carboxylic acids is 4. The van der Waals surface area contributed by atoms with E-state index in [9.17, 15) is 19.2 Å². The van der Waals surface area contributed by atoms with E-state index in [2.05, 4.69) is 0 Å². The number of nitrogens with zero attached hydrogens (tertiary/aromatic N) is 2. The van der Waals surface area contributed by atoms with Crippen LogP contribution in [0.2, 0.25) is 0 Å². The average Bonchev–Trinajstić information content (AvgIpc) is 2.88. The van der Waals surface area contributed by atoms with E-state index in [-0.39, 0.29) is 23.6 Å². The minimum absolute atomic E-state index is 0.355. The van der Waals surface area contributed by atoms with Crippen LogP contribution < -0.4 is 9.80 Å². The predicted molar refractivity (Wildman–Crippen MR) is 88.2 cm³/mol. The molecule has 0 saturated heterocycles. The summed E-state index contributed by atoms with van der Waals surface area (Å²) >= 11 is 0. The van der Waals surface area contributed by atoms with Gasteiger partial charge in [0.2, 0.25) is 0 Å². The Morgan fingerprint density at radius 1 is 0.500 bits per heavy atom. The van der Waals surface area contributed by atoms with E-state index >= 15 is 0 Å². The maximum Gasteiger partial charge on any atom is 0.261 e. The molecule has 1 aromatic carbocycles. The molecule has 0 N–H and O–H groups in total. The van der Waals surface area contributed by atoms with Crippen molar-refractivity contribution in [3.8, 4) is 0 Å². The molecule has 3 rings (SSSR count). The van der Waals surface area contributed by atoms with E-state index < -0.39 is 0 Å². The number of hydrogen-bond donors (Lipinski definition) is 0. The van der Waals surface area contributed by atoms with Gasteiger partial charge in [-0.1, -0.05) is 0 Å². The molecule has 0 aliphatic carbocycles. The lowest BCUT2D eigenvalue weighted by molar-refractivity contribution is -0.122. The van der Waals surface area contributed by atoms with Crippen LogP contribution in [0.25, 0.3) is 0 Å². The van der Waals surface area contributed by atoms with E-state index in [0.717, 1.165) is 9.80 Å². The van der Waals surface area contributed by atoms with E-state index in [1.54, 1.807) is 52.0 Å². The zero-order chi connectivity index (χ0) is 17.8. The lowest BCUT2D eigenvalue weighted by Gasteiger charge is -2.18. The highest BCUT2D eigenvalue weighted by Gasteiger charge is 2.36. The van der Waals surface area contributed by atoms with Gasteiger partial charge in [-0.25, -0.2) is 9.80 Å². The van der Waals surface area contributed by atoms with Crippen LogP contribution in [0.4, 0.5) is 11.4 Å². The third-order valence-corrected chi connectivity index (χ3v) is 4.59. The van der Waals surface area contributed by atoms with Crippen molar-refractivity contribution in [2.75, 3.05) is 9.80 Å². The number of anilines is 2. The Morgan fingerprint density at radius 3 is 0.917 bits per heavy atom. The van der Waals surface area contributed by atoms with Gasteiger partial charge in [-0.3, -0.25) is 19.2 Å². The van der Waals surface area contributed by atoms with Crippen molar-refractivity contribution in [3.63, 3.8) is 0 Å². The Labute approximate surface area is 139 Å². The van der Waals surface area contributed by atoms with Gasteiger partial charge in [0.25, 0.3) is 23.6 Å². The molecular weight excluding hydrogens is 308 g/mol. The molecule has 0 spiro atoms. The molecule has 122 valence electrons. The molecule has 0 radical (unpaired) electrons.